The lowest BCUT2D eigenvalue weighted by Crippen LogP contribution is -2.65. The molecule has 0 saturated carbocycles. The van der Waals surface area contributed by atoms with Gasteiger partial charge in [-0.1, -0.05) is 18.2 Å². The number of amides is 2. The molecule has 19 heavy (non-hydrogen) atoms. The smallest absolute Gasteiger partial charge is 0.407 e. The van der Waals surface area contributed by atoms with Crippen molar-refractivity contribution in [2.75, 3.05) is 24.5 Å². The lowest BCUT2D eigenvalue weighted by molar-refractivity contribution is -0.128. The van der Waals surface area contributed by atoms with Gasteiger partial charge in [-0.25, -0.2) is 4.79 Å². The van der Waals surface area contributed by atoms with E-state index < -0.39 is 11.5 Å². The predicted molar refractivity (Wildman–Crippen MR) is 66.1 cm³/mol. The number of likely N-dealkylation sites (tertiary alicyclic amines) is 1. The molecule has 6 nitrogen and oxygen atoms in total. The van der Waals surface area contributed by atoms with E-state index >= 15 is 0 Å². The third-order valence-corrected chi connectivity index (χ3v) is 3.81. The minimum atomic E-state index is -1.02. The van der Waals surface area contributed by atoms with Crippen molar-refractivity contribution in [3.63, 3.8) is 0 Å². The molecule has 2 aliphatic heterocycles. The average molecular weight is 260 g/mol. The standard InChI is InChI=1S/C13H12N2O4/c16-6-5-15-10-4-2-1-3-9(10)13(11(15)17)7-14(8-13)12(18)19/h1-4,6H,5,7-8H2,(H,18,19). The van der Waals surface area contributed by atoms with Gasteiger partial charge in [-0.15, -0.1) is 0 Å². The molecule has 1 aromatic carbocycles. The molecule has 2 amide bonds. The summed E-state index contributed by atoms with van der Waals surface area (Å²) in [6.45, 7) is 0.325. The van der Waals surface area contributed by atoms with Crippen LogP contribution in [0.1, 0.15) is 5.56 Å². The molecule has 0 aliphatic carbocycles. The van der Waals surface area contributed by atoms with Gasteiger partial charge in [0.05, 0.1) is 6.54 Å². The number of aldehydes is 1. The van der Waals surface area contributed by atoms with Crippen LogP contribution in [-0.2, 0) is 15.0 Å². The average Bonchev–Trinajstić information content (AvgIpc) is 2.58. The summed E-state index contributed by atoms with van der Waals surface area (Å²) < 4.78 is 0. The van der Waals surface area contributed by atoms with Gasteiger partial charge in [0.2, 0.25) is 5.91 Å². The molecule has 6 heteroatoms. The second-order valence-electron chi connectivity index (χ2n) is 4.82. The molecule has 0 aromatic heterocycles. The summed E-state index contributed by atoms with van der Waals surface area (Å²) in [6.07, 6.45) is -0.342. The third-order valence-electron chi connectivity index (χ3n) is 3.81. The number of carboxylic acid groups (broad SMARTS) is 1. The van der Waals surface area contributed by atoms with Crippen molar-refractivity contribution < 1.29 is 19.5 Å². The Hall–Kier alpha value is -2.37. The molecule has 1 aromatic rings. The maximum Gasteiger partial charge on any atom is 0.407 e. The van der Waals surface area contributed by atoms with Gasteiger partial charge in [0.25, 0.3) is 0 Å². The summed E-state index contributed by atoms with van der Waals surface area (Å²) in [6, 6.07) is 7.24. The van der Waals surface area contributed by atoms with Crippen molar-refractivity contribution in [2.24, 2.45) is 0 Å². The first kappa shape index (κ1) is 11.7. The molecule has 3 rings (SSSR count). The van der Waals surface area contributed by atoms with E-state index in [4.69, 9.17) is 5.11 Å². The molecule has 1 fully saturated rings. The quantitative estimate of drug-likeness (QED) is 0.784. The third kappa shape index (κ3) is 1.39. The molecular formula is C13H12N2O4. The number of para-hydroxylation sites is 1. The molecule has 1 N–H and O–H groups in total. The van der Waals surface area contributed by atoms with E-state index in [0.717, 1.165) is 5.56 Å². The Morgan fingerprint density at radius 1 is 1.37 bits per heavy atom. The number of benzene rings is 1. The summed E-state index contributed by atoms with van der Waals surface area (Å²) in [4.78, 5) is 36.7. The first-order valence-corrected chi connectivity index (χ1v) is 5.93. The molecular weight excluding hydrogens is 248 g/mol. The van der Waals surface area contributed by atoms with E-state index in [0.29, 0.717) is 12.0 Å². The van der Waals surface area contributed by atoms with Crippen LogP contribution in [0.5, 0.6) is 0 Å². The van der Waals surface area contributed by atoms with Crippen LogP contribution in [0, 0.1) is 0 Å². The fourth-order valence-electron chi connectivity index (χ4n) is 2.90. The van der Waals surface area contributed by atoms with Crippen molar-refractivity contribution >= 4 is 24.0 Å². The maximum atomic E-state index is 12.5. The van der Waals surface area contributed by atoms with E-state index in [-0.39, 0.29) is 25.5 Å². The number of carbonyl (C=O) groups excluding carboxylic acids is 2. The molecule has 0 radical (unpaired) electrons. The van der Waals surface area contributed by atoms with Crippen LogP contribution in [0.2, 0.25) is 0 Å². The highest BCUT2D eigenvalue weighted by Gasteiger charge is 2.59. The zero-order valence-corrected chi connectivity index (χ0v) is 10.1. The predicted octanol–water partition coefficient (Wildman–Crippen LogP) is 0.464. The summed E-state index contributed by atoms with van der Waals surface area (Å²) in [5, 5.41) is 8.93. The highest BCUT2D eigenvalue weighted by atomic mass is 16.4. The van der Waals surface area contributed by atoms with E-state index in [1.165, 1.54) is 9.80 Å². The van der Waals surface area contributed by atoms with Crippen LogP contribution in [0.15, 0.2) is 24.3 Å². The minimum Gasteiger partial charge on any atom is -0.465 e. The Balaban J connectivity index is 2.02. The molecule has 0 unspecified atom stereocenters. The molecule has 98 valence electrons. The number of carbonyl (C=O) groups is 3. The van der Waals surface area contributed by atoms with Crippen molar-refractivity contribution in [2.45, 2.75) is 5.41 Å². The molecule has 1 saturated heterocycles. The van der Waals surface area contributed by atoms with Gasteiger partial charge >= 0.3 is 6.09 Å². The van der Waals surface area contributed by atoms with Crippen LogP contribution < -0.4 is 4.90 Å². The summed E-state index contributed by atoms with van der Waals surface area (Å²) >= 11 is 0. The second kappa shape index (κ2) is 3.81. The molecule has 0 atom stereocenters. The number of anilines is 1. The highest BCUT2D eigenvalue weighted by molar-refractivity contribution is 6.11. The summed E-state index contributed by atoms with van der Waals surface area (Å²) in [5.41, 5.74) is 0.738. The van der Waals surface area contributed by atoms with Crippen LogP contribution in [-0.4, -0.2) is 47.9 Å². The van der Waals surface area contributed by atoms with Crippen molar-refractivity contribution in [3.8, 4) is 0 Å². The zero-order valence-electron chi connectivity index (χ0n) is 10.1. The zero-order chi connectivity index (χ0) is 13.6. The number of nitrogens with zero attached hydrogens (tertiary/aromatic N) is 2. The topological polar surface area (TPSA) is 77.9 Å². The van der Waals surface area contributed by atoms with Crippen LogP contribution in [0.25, 0.3) is 0 Å². The maximum absolute atomic E-state index is 12.5. The molecule has 0 bridgehead atoms. The van der Waals surface area contributed by atoms with E-state index in [9.17, 15) is 14.4 Å². The van der Waals surface area contributed by atoms with Gasteiger partial charge < -0.3 is 19.7 Å². The second-order valence-corrected chi connectivity index (χ2v) is 4.82. The Morgan fingerprint density at radius 3 is 2.68 bits per heavy atom. The largest absolute Gasteiger partial charge is 0.465 e. The monoisotopic (exact) mass is 260 g/mol. The Labute approximate surface area is 109 Å². The first-order chi connectivity index (χ1) is 9.10. The van der Waals surface area contributed by atoms with Gasteiger partial charge in [0.1, 0.15) is 11.7 Å². The Morgan fingerprint density at radius 2 is 2.05 bits per heavy atom. The lowest BCUT2D eigenvalue weighted by Gasteiger charge is -2.45. The summed E-state index contributed by atoms with van der Waals surface area (Å²) in [5.74, 6) is -0.182. The normalized spacial score (nSPS) is 19.3. The molecule has 2 heterocycles. The SMILES string of the molecule is O=CCN1C(=O)C2(CN(C(=O)O)C2)c2ccccc21. The molecule has 2 aliphatic rings. The van der Waals surface area contributed by atoms with Crippen LogP contribution in [0.4, 0.5) is 10.5 Å². The van der Waals surface area contributed by atoms with Crippen LogP contribution in [0.3, 0.4) is 0 Å². The lowest BCUT2D eigenvalue weighted by atomic mass is 9.75. The van der Waals surface area contributed by atoms with Gasteiger partial charge in [-0.3, -0.25) is 4.79 Å². The van der Waals surface area contributed by atoms with Crippen molar-refractivity contribution in [1.29, 1.82) is 0 Å². The number of rotatable bonds is 2. The van der Waals surface area contributed by atoms with Gasteiger partial charge in [0, 0.05) is 18.8 Å². The van der Waals surface area contributed by atoms with Crippen molar-refractivity contribution in [3.05, 3.63) is 29.8 Å². The van der Waals surface area contributed by atoms with E-state index in [2.05, 4.69) is 0 Å². The van der Waals surface area contributed by atoms with E-state index in [1.54, 1.807) is 12.1 Å². The van der Waals surface area contributed by atoms with Crippen molar-refractivity contribution in [1.82, 2.24) is 4.90 Å². The Bertz CT molecular complexity index is 578. The van der Waals surface area contributed by atoms with E-state index in [1.807, 2.05) is 12.1 Å². The van der Waals surface area contributed by atoms with Crippen LogP contribution >= 0.6 is 0 Å². The van der Waals surface area contributed by atoms with Gasteiger partial charge in [-0.05, 0) is 11.6 Å². The number of hydrogen-bond donors (Lipinski definition) is 1. The fraction of sp³-hybridized carbons (Fsp3) is 0.308. The Kier molecular flexibility index (Phi) is 2.35. The first-order valence-electron chi connectivity index (χ1n) is 5.93. The fourth-order valence-corrected chi connectivity index (χ4v) is 2.90. The molecule has 1 spiro atoms. The van der Waals surface area contributed by atoms with Gasteiger partial charge in [-0.2, -0.15) is 0 Å². The minimum absolute atomic E-state index is 0.00463. The summed E-state index contributed by atoms with van der Waals surface area (Å²) in [7, 11) is 0. The number of hydrogen-bond acceptors (Lipinski definition) is 3. The number of fused-ring (bicyclic) bond motifs is 2. The highest BCUT2D eigenvalue weighted by Crippen LogP contribution is 2.46. The van der Waals surface area contributed by atoms with Gasteiger partial charge in [0.15, 0.2) is 0 Å².